The number of nitrogens with zero attached hydrogens (tertiary/aromatic N) is 3. The normalized spacial score (nSPS) is 12.7. The molecule has 43 heavy (non-hydrogen) atoms. The van der Waals surface area contributed by atoms with Crippen molar-refractivity contribution in [3.8, 4) is 0 Å². The van der Waals surface area contributed by atoms with Crippen molar-refractivity contribution in [1.29, 1.82) is 0 Å². The average molecular weight is 606 g/mol. The fourth-order valence-electron chi connectivity index (χ4n) is 3.72. The lowest BCUT2D eigenvalue weighted by atomic mass is 10.0. The van der Waals surface area contributed by atoms with Gasteiger partial charge in [-0.05, 0) is 50.1 Å². The Morgan fingerprint density at radius 1 is 1.05 bits per heavy atom. The minimum Gasteiger partial charge on any atom is -0.480 e. The molecule has 0 aliphatic rings. The van der Waals surface area contributed by atoms with Gasteiger partial charge < -0.3 is 41.3 Å². The van der Waals surface area contributed by atoms with Gasteiger partial charge in [0.15, 0.2) is 0 Å². The number of anilines is 1. The second kappa shape index (κ2) is 18.0. The van der Waals surface area contributed by atoms with Crippen LogP contribution in [0.25, 0.3) is 0 Å². The highest BCUT2D eigenvalue weighted by molar-refractivity contribution is 5.98. The molecule has 1 rings (SSSR count). The summed E-state index contributed by atoms with van der Waals surface area (Å²) in [5.74, 6) is -2.60. The number of carbonyl (C=O) groups is 6. The largest absolute Gasteiger partial charge is 0.480 e. The van der Waals surface area contributed by atoms with Gasteiger partial charge in [0.05, 0.1) is 0 Å². The highest BCUT2D eigenvalue weighted by Gasteiger charge is 2.27. The molecule has 1 aromatic rings. The number of ether oxygens (including phenoxy) is 1. The maximum absolute atomic E-state index is 13.0. The third-order valence-electron chi connectivity index (χ3n) is 6.59. The van der Waals surface area contributed by atoms with Gasteiger partial charge in [-0.15, -0.1) is 0 Å². The fraction of sp³-hybridized carbons (Fsp3) is 0.536. The molecule has 0 radical (unpaired) electrons. The molecule has 0 heterocycles. The van der Waals surface area contributed by atoms with E-state index in [0.717, 1.165) is 4.90 Å². The number of amides is 6. The fourth-order valence-corrected chi connectivity index (χ4v) is 3.72. The van der Waals surface area contributed by atoms with Crippen LogP contribution in [0.15, 0.2) is 29.3 Å². The minimum absolute atomic E-state index is 0.0381. The highest BCUT2D eigenvalue weighted by atomic mass is 16.6. The molecule has 15 nitrogen and oxygen atoms in total. The SMILES string of the molecule is C=N[C@@H](C(=O)N[C@H](CCCNC(N)=O)C(=O)Nc1ccc(COC(=O)N(C)CCC(=O)N(C)[C@@H](C)C(=O)O)cc1)C(C)C. The number of primary amides is 1. The van der Waals surface area contributed by atoms with E-state index in [0.29, 0.717) is 17.7 Å². The predicted octanol–water partition coefficient (Wildman–Crippen LogP) is 1.17. The Morgan fingerprint density at radius 3 is 2.21 bits per heavy atom. The first-order valence-electron chi connectivity index (χ1n) is 13.7. The van der Waals surface area contributed by atoms with E-state index in [-0.39, 0.29) is 38.5 Å². The average Bonchev–Trinajstić information content (AvgIpc) is 2.95. The third kappa shape index (κ3) is 12.8. The van der Waals surface area contributed by atoms with Crippen LogP contribution in [0.4, 0.5) is 15.3 Å². The van der Waals surface area contributed by atoms with E-state index in [1.807, 2.05) is 13.8 Å². The number of benzene rings is 1. The van der Waals surface area contributed by atoms with E-state index in [4.69, 9.17) is 15.6 Å². The Morgan fingerprint density at radius 2 is 1.67 bits per heavy atom. The first-order chi connectivity index (χ1) is 20.2. The Labute approximate surface area is 251 Å². The standard InChI is InChI=1S/C28H43N7O8/c1-17(2)23(30-4)25(38)33-21(8-7-14-31-27(29)41)24(37)32-20-11-9-19(10-12-20)16-43-28(42)34(5)15-13-22(36)35(6)18(3)26(39)40/h9-12,17-18,21,23H,4,7-8,13-16H2,1-3,5-6H3,(H,32,37)(H,33,38)(H,39,40)(H3,29,31,41)/t18-,21+,23+/m0/s1. The zero-order valence-corrected chi connectivity index (χ0v) is 25.3. The number of aliphatic carboxylic acids is 1. The van der Waals surface area contributed by atoms with Crippen LogP contribution in [0.3, 0.4) is 0 Å². The van der Waals surface area contributed by atoms with Gasteiger partial charge in [-0.1, -0.05) is 26.0 Å². The molecule has 0 bridgehead atoms. The van der Waals surface area contributed by atoms with Crippen molar-refractivity contribution in [1.82, 2.24) is 20.4 Å². The molecule has 3 atom stereocenters. The van der Waals surface area contributed by atoms with E-state index in [1.165, 1.54) is 25.9 Å². The van der Waals surface area contributed by atoms with Gasteiger partial charge in [-0.25, -0.2) is 14.4 Å². The van der Waals surface area contributed by atoms with Crippen molar-refractivity contribution in [2.24, 2.45) is 16.6 Å². The molecule has 15 heteroatoms. The third-order valence-corrected chi connectivity index (χ3v) is 6.59. The van der Waals surface area contributed by atoms with Crippen LogP contribution in [0, 0.1) is 5.92 Å². The zero-order valence-electron chi connectivity index (χ0n) is 25.3. The summed E-state index contributed by atoms with van der Waals surface area (Å²) in [6, 6.07) is 3.19. The van der Waals surface area contributed by atoms with E-state index in [1.54, 1.807) is 24.3 Å². The summed E-state index contributed by atoms with van der Waals surface area (Å²) in [7, 11) is 2.84. The molecular formula is C28H43N7O8. The molecule has 0 aromatic heterocycles. The molecule has 0 fully saturated rings. The van der Waals surface area contributed by atoms with Gasteiger partial charge in [0.25, 0.3) is 0 Å². The van der Waals surface area contributed by atoms with Crippen LogP contribution in [0.2, 0.25) is 0 Å². The molecule has 0 saturated heterocycles. The smallest absolute Gasteiger partial charge is 0.409 e. The van der Waals surface area contributed by atoms with Crippen molar-refractivity contribution >= 4 is 48.2 Å². The Kier molecular flexibility index (Phi) is 15.2. The molecule has 0 spiro atoms. The van der Waals surface area contributed by atoms with Crippen LogP contribution in [-0.4, -0.2) is 103 Å². The topological polar surface area (TPSA) is 213 Å². The summed E-state index contributed by atoms with van der Waals surface area (Å²) in [5.41, 5.74) is 6.15. The number of rotatable bonds is 17. The van der Waals surface area contributed by atoms with Gasteiger partial charge in [0.2, 0.25) is 17.7 Å². The number of likely N-dealkylation sites (N-methyl/N-ethyl adjacent to an activating group) is 1. The number of carbonyl (C=O) groups excluding carboxylic acids is 5. The number of nitrogens with one attached hydrogen (secondary N) is 3. The molecule has 238 valence electrons. The van der Waals surface area contributed by atoms with Gasteiger partial charge >= 0.3 is 18.1 Å². The molecule has 0 aliphatic heterocycles. The lowest BCUT2D eigenvalue weighted by molar-refractivity contribution is -0.148. The number of aliphatic imine (C=N–C) groups is 1. The summed E-state index contributed by atoms with van der Waals surface area (Å²) >= 11 is 0. The number of hydrogen-bond donors (Lipinski definition) is 5. The summed E-state index contributed by atoms with van der Waals surface area (Å²) in [6.45, 7) is 8.66. The van der Waals surface area contributed by atoms with Crippen LogP contribution in [0.1, 0.15) is 45.6 Å². The number of carboxylic acids is 1. The molecule has 0 aliphatic carbocycles. The Bertz CT molecular complexity index is 1140. The van der Waals surface area contributed by atoms with Crippen molar-refractivity contribution in [3.05, 3.63) is 29.8 Å². The summed E-state index contributed by atoms with van der Waals surface area (Å²) in [5, 5.41) is 16.9. The van der Waals surface area contributed by atoms with Crippen LogP contribution < -0.4 is 21.7 Å². The van der Waals surface area contributed by atoms with Crippen LogP contribution >= 0.6 is 0 Å². The van der Waals surface area contributed by atoms with Crippen molar-refractivity contribution in [2.45, 2.75) is 64.8 Å². The van der Waals surface area contributed by atoms with Gasteiger partial charge in [-0.2, -0.15) is 0 Å². The maximum atomic E-state index is 13.0. The monoisotopic (exact) mass is 605 g/mol. The summed E-state index contributed by atoms with van der Waals surface area (Å²) < 4.78 is 5.28. The first kappa shape index (κ1) is 36.3. The molecule has 0 unspecified atom stereocenters. The molecule has 6 N–H and O–H groups in total. The summed E-state index contributed by atoms with van der Waals surface area (Å²) in [4.78, 5) is 78.4. The highest BCUT2D eigenvalue weighted by Crippen LogP contribution is 2.13. The molecular weight excluding hydrogens is 562 g/mol. The van der Waals surface area contributed by atoms with Crippen LogP contribution in [-0.2, 0) is 30.5 Å². The van der Waals surface area contributed by atoms with Gasteiger partial charge in [0.1, 0.15) is 24.7 Å². The van der Waals surface area contributed by atoms with Crippen molar-refractivity contribution < 1.29 is 38.6 Å². The number of urea groups is 1. The zero-order chi connectivity index (χ0) is 32.7. The molecule has 1 aromatic carbocycles. The lowest BCUT2D eigenvalue weighted by Gasteiger charge is -2.23. The number of nitrogens with two attached hydrogens (primary N) is 1. The maximum Gasteiger partial charge on any atom is 0.409 e. The lowest BCUT2D eigenvalue weighted by Crippen LogP contribution is -2.48. The van der Waals surface area contributed by atoms with Crippen molar-refractivity contribution in [2.75, 3.05) is 32.5 Å². The number of carboxylic acid groups (broad SMARTS) is 1. The quantitative estimate of drug-likeness (QED) is 0.128. The molecule has 0 saturated carbocycles. The van der Waals surface area contributed by atoms with Gasteiger partial charge in [0, 0.05) is 39.3 Å². The summed E-state index contributed by atoms with van der Waals surface area (Å²) in [6.07, 6.45) is -0.140. The second-order valence-electron chi connectivity index (χ2n) is 10.3. The van der Waals surface area contributed by atoms with E-state index in [9.17, 15) is 28.8 Å². The van der Waals surface area contributed by atoms with E-state index < -0.39 is 53.9 Å². The minimum atomic E-state index is -1.13. The first-order valence-corrected chi connectivity index (χ1v) is 13.7. The van der Waals surface area contributed by atoms with Crippen molar-refractivity contribution in [3.63, 3.8) is 0 Å². The molecule has 6 amide bonds. The van der Waals surface area contributed by atoms with Gasteiger partial charge in [-0.3, -0.25) is 19.4 Å². The Hall–Kier alpha value is -4.69. The van der Waals surface area contributed by atoms with E-state index in [2.05, 4.69) is 27.7 Å². The predicted molar refractivity (Wildman–Crippen MR) is 159 cm³/mol. The number of hydrogen-bond acceptors (Lipinski definition) is 8. The second-order valence-corrected chi connectivity index (χ2v) is 10.3. The van der Waals surface area contributed by atoms with E-state index >= 15 is 0 Å². The van der Waals surface area contributed by atoms with Crippen LogP contribution in [0.5, 0.6) is 0 Å². The Balaban J connectivity index is 2.71.